The number of aromatic nitrogens is 1. The molecule has 82 valence electrons. The summed E-state index contributed by atoms with van der Waals surface area (Å²) in [6, 6.07) is 0. The van der Waals surface area contributed by atoms with Gasteiger partial charge in [-0.3, -0.25) is 0 Å². The first kappa shape index (κ1) is 12.5. The molecule has 2 atom stereocenters. The molecule has 0 aliphatic rings. The first-order valence-electron chi connectivity index (χ1n) is 3.40. The molecule has 15 heavy (non-hydrogen) atoms. The maximum Gasteiger partial charge on any atom is 0.699 e. The van der Waals surface area contributed by atoms with Crippen LogP contribution < -0.4 is 5.32 Å². The average molecular weight is 272 g/mol. The number of hydrogen-bond donors (Lipinski definition) is 3. The highest BCUT2D eigenvalue weighted by atomic mass is 32.1. The predicted molar refractivity (Wildman–Crippen MR) is 51.3 cm³/mol. The van der Waals surface area contributed by atoms with Crippen LogP contribution in [-0.2, 0) is 18.2 Å². The Kier molecular flexibility index (Phi) is 5.13. The Morgan fingerprint density at radius 1 is 1.40 bits per heavy atom. The van der Waals surface area contributed by atoms with E-state index in [1.54, 1.807) is 5.38 Å². The fourth-order valence-electron chi connectivity index (χ4n) is 0.631. The van der Waals surface area contributed by atoms with Crippen LogP contribution in [0.3, 0.4) is 0 Å². The van der Waals surface area contributed by atoms with Crippen LogP contribution in [0, 0.1) is 0 Å². The number of nitrogens with one attached hydrogen (secondary N) is 1. The van der Waals surface area contributed by atoms with Gasteiger partial charge >= 0.3 is 22.9 Å². The first-order chi connectivity index (χ1) is 7.08. The van der Waals surface area contributed by atoms with Crippen molar-refractivity contribution in [2.75, 3.05) is 5.32 Å². The van der Waals surface area contributed by atoms with Crippen LogP contribution in [0.15, 0.2) is 11.6 Å². The molecular formula is C4H6N2O6P2S+2. The SMILES string of the molecule is O=[P+](O)OC(Nc1nccs1)O[P+](=O)O. The van der Waals surface area contributed by atoms with E-state index >= 15 is 0 Å². The fraction of sp³-hybridized carbons (Fsp3) is 0.250. The van der Waals surface area contributed by atoms with E-state index in [0.29, 0.717) is 5.13 Å². The maximum atomic E-state index is 10.3. The third-order valence-electron chi connectivity index (χ3n) is 1.05. The number of rotatable bonds is 6. The maximum absolute atomic E-state index is 10.3. The Labute approximate surface area is 89.8 Å². The van der Waals surface area contributed by atoms with Crippen molar-refractivity contribution in [3.63, 3.8) is 0 Å². The van der Waals surface area contributed by atoms with E-state index in [9.17, 15) is 9.13 Å². The van der Waals surface area contributed by atoms with Gasteiger partial charge in [0.25, 0.3) is 0 Å². The highest BCUT2D eigenvalue weighted by molar-refractivity contribution is 7.32. The van der Waals surface area contributed by atoms with Crippen molar-refractivity contribution < 1.29 is 28.0 Å². The first-order valence-corrected chi connectivity index (χ1v) is 6.54. The Bertz CT molecular complexity index is 329. The smallest absolute Gasteiger partial charge is 0.306 e. The molecule has 0 fully saturated rings. The van der Waals surface area contributed by atoms with Gasteiger partial charge in [-0.15, -0.1) is 21.1 Å². The van der Waals surface area contributed by atoms with Crippen molar-refractivity contribution in [3.8, 4) is 0 Å². The van der Waals surface area contributed by atoms with Crippen molar-refractivity contribution in [2.45, 2.75) is 6.41 Å². The average Bonchev–Trinajstić information content (AvgIpc) is 2.53. The summed E-state index contributed by atoms with van der Waals surface area (Å²) < 4.78 is 29.2. The van der Waals surface area contributed by atoms with Gasteiger partial charge in [0.15, 0.2) is 5.13 Å². The number of nitrogens with zero attached hydrogens (tertiary/aromatic N) is 1. The van der Waals surface area contributed by atoms with Gasteiger partial charge in [-0.2, -0.15) is 0 Å². The molecule has 1 rings (SSSR count). The largest absolute Gasteiger partial charge is 0.699 e. The monoisotopic (exact) mass is 272 g/mol. The highest BCUT2D eigenvalue weighted by Gasteiger charge is 2.32. The van der Waals surface area contributed by atoms with E-state index in [-0.39, 0.29) is 0 Å². The van der Waals surface area contributed by atoms with Gasteiger partial charge in [-0.05, 0) is 0 Å². The molecular weight excluding hydrogens is 266 g/mol. The second-order valence-electron chi connectivity index (χ2n) is 2.00. The Hall–Kier alpha value is -0.530. The normalized spacial score (nSPS) is 14.5. The van der Waals surface area contributed by atoms with E-state index in [1.165, 1.54) is 17.5 Å². The molecule has 1 aromatic rings. The third kappa shape index (κ3) is 5.19. The zero-order valence-corrected chi connectivity index (χ0v) is 9.61. The van der Waals surface area contributed by atoms with Gasteiger partial charge in [0, 0.05) is 20.7 Å². The van der Waals surface area contributed by atoms with Gasteiger partial charge < -0.3 is 5.32 Å². The minimum Gasteiger partial charge on any atom is -0.306 e. The number of anilines is 1. The molecule has 0 amide bonds. The summed E-state index contributed by atoms with van der Waals surface area (Å²) in [5.41, 5.74) is 0. The lowest BCUT2D eigenvalue weighted by atomic mass is 10.9. The molecule has 0 bridgehead atoms. The minimum atomic E-state index is -2.95. The van der Waals surface area contributed by atoms with Gasteiger partial charge in [0.2, 0.25) is 0 Å². The van der Waals surface area contributed by atoms with E-state index in [1.807, 2.05) is 0 Å². The lowest BCUT2D eigenvalue weighted by Crippen LogP contribution is -2.21. The van der Waals surface area contributed by atoms with Crippen LogP contribution in [0.2, 0.25) is 0 Å². The van der Waals surface area contributed by atoms with Crippen LogP contribution in [0.4, 0.5) is 5.13 Å². The summed E-state index contributed by atoms with van der Waals surface area (Å²) >= 11 is 1.17. The third-order valence-corrected chi connectivity index (χ3v) is 2.49. The summed E-state index contributed by atoms with van der Waals surface area (Å²) in [6.07, 6.45) is -0.0273. The Morgan fingerprint density at radius 3 is 2.40 bits per heavy atom. The van der Waals surface area contributed by atoms with Crippen molar-refractivity contribution >= 4 is 33.0 Å². The van der Waals surface area contributed by atoms with E-state index in [4.69, 9.17) is 9.79 Å². The second-order valence-corrected chi connectivity index (χ2v) is 4.27. The van der Waals surface area contributed by atoms with Crippen molar-refractivity contribution in [1.29, 1.82) is 0 Å². The van der Waals surface area contributed by atoms with Gasteiger partial charge in [-0.1, -0.05) is 9.05 Å². The molecule has 0 spiro atoms. The summed E-state index contributed by atoms with van der Waals surface area (Å²) in [4.78, 5) is 20.6. The summed E-state index contributed by atoms with van der Waals surface area (Å²) in [5, 5.41) is 4.36. The fourth-order valence-corrected chi connectivity index (χ4v) is 1.75. The van der Waals surface area contributed by atoms with Crippen LogP contribution in [0.25, 0.3) is 0 Å². The Balaban J connectivity index is 2.55. The molecule has 0 aliphatic carbocycles. The number of thiazole rings is 1. The van der Waals surface area contributed by atoms with Gasteiger partial charge in [0.1, 0.15) is 0 Å². The molecule has 2 unspecified atom stereocenters. The zero-order valence-electron chi connectivity index (χ0n) is 7.01. The summed E-state index contributed by atoms with van der Waals surface area (Å²) in [6.45, 7) is 0. The van der Waals surface area contributed by atoms with Crippen LogP contribution >= 0.6 is 27.8 Å². The second kappa shape index (κ2) is 6.14. The van der Waals surface area contributed by atoms with E-state index in [2.05, 4.69) is 19.3 Å². The molecule has 0 saturated heterocycles. The topological polar surface area (TPSA) is 118 Å². The molecule has 8 nitrogen and oxygen atoms in total. The van der Waals surface area contributed by atoms with E-state index < -0.39 is 22.9 Å². The molecule has 1 heterocycles. The number of hydrogen-bond acceptors (Lipinski definition) is 7. The highest BCUT2D eigenvalue weighted by Crippen LogP contribution is 2.27. The van der Waals surface area contributed by atoms with Crippen LogP contribution in [-0.4, -0.2) is 21.2 Å². The molecule has 3 N–H and O–H groups in total. The van der Waals surface area contributed by atoms with Gasteiger partial charge in [-0.25, -0.2) is 4.98 Å². The molecule has 0 radical (unpaired) electrons. The summed E-state index contributed by atoms with van der Waals surface area (Å²) in [5.74, 6) is 0. The predicted octanol–water partition coefficient (Wildman–Crippen LogP) is 1.17. The molecule has 0 aromatic carbocycles. The Morgan fingerprint density at radius 2 is 2.00 bits per heavy atom. The molecule has 0 aliphatic heterocycles. The molecule has 1 aromatic heterocycles. The van der Waals surface area contributed by atoms with Crippen molar-refractivity contribution in [1.82, 2.24) is 4.98 Å². The lowest BCUT2D eigenvalue weighted by Gasteiger charge is -2.03. The molecule has 0 saturated carbocycles. The minimum absolute atomic E-state index is 0.328. The van der Waals surface area contributed by atoms with E-state index in [0.717, 1.165) is 0 Å². The molecule has 11 heteroatoms. The zero-order chi connectivity index (χ0) is 11.3. The van der Waals surface area contributed by atoms with Crippen molar-refractivity contribution in [2.24, 2.45) is 0 Å². The van der Waals surface area contributed by atoms with Gasteiger partial charge in [0.05, 0.1) is 0 Å². The standard InChI is InChI=1S/C4H4N2O6P2S/c7-13(8)11-4(12-14(9)10)6-3-5-1-2-15-3/h1-2,4H,(H-2,5,6,7,8,9,10)/p+2. The quantitative estimate of drug-likeness (QED) is 0.521. The summed E-state index contributed by atoms with van der Waals surface area (Å²) in [7, 11) is -5.90. The van der Waals surface area contributed by atoms with Crippen LogP contribution in [0.1, 0.15) is 0 Å². The lowest BCUT2D eigenvalue weighted by molar-refractivity contribution is 0.0262. The van der Waals surface area contributed by atoms with Crippen molar-refractivity contribution in [3.05, 3.63) is 11.6 Å². The van der Waals surface area contributed by atoms with Crippen LogP contribution in [0.5, 0.6) is 0 Å².